The van der Waals surface area contributed by atoms with Crippen molar-refractivity contribution in [3.63, 3.8) is 0 Å². The molecule has 2 N–H and O–H groups in total. The van der Waals surface area contributed by atoms with Gasteiger partial charge in [-0.1, -0.05) is 93.2 Å². The Morgan fingerprint density at radius 1 is 0.480 bits per heavy atom. The van der Waals surface area contributed by atoms with E-state index in [9.17, 15) is 15.0 Å². The van der Waals surface area contributed by atoms with Gasteiger partial charge in [0.25, 0.3) is 0 Å². The molecule has 0 unspecified atom stereocenters. The lowest BCUT2D eigenvalue weighted by Crippen LogP contribution is -1.97. The average molecular weight is 683 g/mol. The van der Waals surface area contributed by atoms with Gasteiger partial charge in [-0.05, 0) is 182 Å². The minimum absolute atomic E-state index is 0.142. The average Bonchev–Trinajstić information content (AvgIpc) is 3.04. The minimum Gasteiger partial charge on any atom is -0.508 e. The Kier molecular flexibility index (Phi) is 23.3. The lowest BCUT2D eigenvalue weighted by molar-refractivity contribution is 0.0696. The van der Waals surface area contributed by atoms with Crippen molar-refractivity contribution in [2.24, 2.45) is 0 Å². The number of phenolic OH excluding ortho intramolecular Hbond substituents is 1. The first-order valence-corrected chi connectivity index (χ1v) is 19.0. The molecule has 1 rings (SSSR count). The van der Waals surface area contributed by atoms with Crippen molar-refractivity contribution in [2.45, 2.75) is 159 Å². The maximum atomic E-state index is 11.2. The van der Waals surface area contributed by atoms with Crippen LogP contribution in [0, 0.1) is 0 Å². The van der Waals surface area contributed by atoms with Crippen LogP contribution >= 0.6 is 0 Å². The molecular formula is C47H70O3. The molecule has 1 aromatic rings. The van der Waals surface area contributed by atoms with Crippen molar-refractivity contribution >= 4 is 5.97 Å². The van der Waals surface area contributed by atoms with Crippen molar-refractivity contribution in [1.29, 1.82) is 0 Å². The van der Waals surface area contributed by atoms with Gasteiger partial charge in [0.1, 0.15) is 5.75 Å². The summed E-state index contributed by atoms with van der Waals surface area (Å²) in [5.74, 6) is -0.835. The summed E-state index contributed by atoms with van der Waals surface area (Å²) in [7, 11) is 0. The molecule has 0 heterocycles. The molecule has 0 atom stereocenters. The third-order valence-electron chi connectivity index (χ3n) is 9.28. The number of rotatable bonds is 24. The fraction of sp³-hybridized carbons (Fsp3) is 0.511. The molecule has 0 amide bonds. The molecule has 50 heavy (non-hydrogen) atoms. The van der Waals surface area contributed by atoms with Crippen LogP contribution in [0.2, 0.25) is 0 Å². The number of carboxylic acids is 1. The first-order valence-electron chi connectivity index (χ1n) is 19.0. The second-order valence-corrected chi connectivity index (χ2v) is 14.8. The summed E-state index contributed by atoms with van der Waals surface area (Å²) < 4.78 is 0. The van der Waals surface area contributed by atoms with Crippen LogP contribution < -0.4 is 0 Å². The minimum atomic E-state index is -0.977. The maximum absolute atomic E-state index is 11.2. The van der Waals surface area contributed by atoms with Crippen LogP contribution in [0.3, 0.4) is 0 Å². The van der Waals surface area contributed by atoms with Crippen LogP contribution in [-0.4, -0.2) is 16.2 Å². The van der Waals surface area contributed by atoms with E-state index < -0.39 is 5.97 Å². The maximum Gasteiger partial charge on any atom is 0.335 e. The van der Waals surface area contributed by atoms with Crippen LogP contribution in [0.1, 0.15) is 168 Å². The number of aromatic hydroxyl groups is 1. The number of allylic oxidation sites excluding steroid dienone is 16. The van der Waals surface area contributed by atoms with E-state index in [2.05, 4.69) is 111 Å². The Balaban J connectivity index is 2.28. The van der Waals surface area contributed by atoms with Gasteiger partial charge >= 0.3 is 5.97 Å². The number of phenols is 1. The zero-order valence-electron chi connectivity index (χ0n) is 33.3. The summed E-state index contributed by atoms with van der Waals surface area (Å²) in [6.45, 7) is 20.0. The van der Waals surface area contributed by atoms with Crippen LogP contribution in [0.25, 0.3) is 0 Å². The molecule has 1 aromatic carbocycles. The molecule has 0 fully saturated rings. The Labute approximate surface area is 307 Å². The van der Waals surface area contributed by atoms with E-state index in [1.165, 1.54) is 69.6 Å². The molecule has 0 aliphatic carbocycles. The van der Waals surface area contributed by atoms with Crippen molar-refractivity contribution in [3.8, 4) is 5.75 Å². The molecule has 0 spiro atoms. The Morgan fingerprint density at radius 3 is 1.08 bits per heavy atom. The summed E-state index contributed by atoms with van der Waals surface area (Å²) in [6, 6.07) is 4.44. The molecule has 0 aromatic heterocycles. The Bertz CT molecular complexity index is 1430. The lowest BCUT2D eigenvalue weighted by Gasteiger charge is -2.05. The van der Waals surface area contributed by atoms with Gasteiger partial charge in [-0.2, -0.15) is 0 Å². The molecule has 3 heteroatoms. The molecule has 3 nitrogen and oxygen atoms in total. The second-order valence-electron chi connectivity index (χ2n) is 14.8. The van der Waals surface area contributed by atoms with Gasteiger partial charge in [0.2, 0.25) is 0 Å². The van der Waals surface area contributed by atoms with Gasteiger partial charge in [0, 0.05) is 0 Å². The van der Waals surface area contributed by atoms with Crippen molar-refractivity contribution in [1.82, 2.24) is 0 Å². The largest absolute Gasteiger partial charge is 0.508 e. The monoisotopic (exact) mass is 683 g/mol. The summed E-state index contributed by atoms with van der Waals surface area (Å²) in [5, 5.41) is 19.2. The van der Waals surface area contributed by atoms with Crippen LogP contribution in [0.15, 0.2) is 111 Å². The molecule has 0 saturated carbocycles. The van der Waals surface area contributed by atoms with Crippen molar-refractivity contribution < 1.29 is 15.0 Å². The Hall–Kier alpha value is -3.59. The van der Waals surface area contributed by atoms with E-state index >= 15 is 0 Å². The van der Waals surface area contributed by atoms with Crippen molar-refractivity contribution in [2.75, 3.05) is 0 Å². The molecule has 0 bridgehead atoms. The normalized spacial score (nSPS) is 14.0. The highest BCUT2D eigenvalue weighted by molar-refractivity contribution is 5.88. The fourth-order valence-corrected chi connectivity index (χ4v) is 5.75. The fourth-order valence-electron chi connectivity index (χ4n) is 5.75. The molecule has 276 valence electrons. The van der Waals surface area contributed by atoms with E-state index in [4.69, 9.17) is 0 Å². The zero-order chi connectivity index (χ0) is 37.3. The molecular weight excluding hydrogens is 613 g/mol. The third kappa shape index (κ3) is 22.9. The summed E-state index contributed by atoms with van der Waals surface area (Å²) in [5.41, 5.74) is 12.4. The zero-order valence-corrected chi connectivity index (χ0v) is 33.3. The first-order chi connectivity index (χ1) is 23.8. The van der Waals surface area contributed by atoms with Gasteiger partial charge in [-0.3, -0.25) is 0 Å². The Morgan fingerprint density at radius 2 is 0.780 bits per heavy atom. The van der Waals surface area contributed by atoms with Gasteiger partial charge in [-0.15, -0.1) is 0 Å². The number of carbonyl (C=O) groups is 1. The van der Waals surface area contributed by atoms with E-state index in [-0.39, 0.29) is 11.3 Å². The third-order valence-corrected chi connectivity index (χ3v) is 9.28. The van der Waals surface area contributed by atoms with Crippen LogP contribution in [0.5, 0.6) is 5.75 Å². The topological polar surface area (TPSA) is 57.5 Å². The van der Waals surface area contributed by atoms with E-state index in [1.807, 2.05) is 0 Å². The summed E-state index contributed by atoms with van der Waals surface area (Å²) >= 11 is 0. The molecule has 0 aliphatic rings. The van der Waals surface area contributed by atoms with Gasteiger partial charge in [0.05, 0.1) is 5.56 Å². The number of hydrogen-bond donors (Lipinski definition) is 2. The van der Waals surface area contributed by atoms with Crippen LogP contribution in [0.4, 0.5) is 0 Å². The highest BCUT2D eigenvalue weighted by Crippen LogP contribution is 2.21. The second kappa shape index (κ2) is 26.3. The van der Waals surface area contributed by atoms with Crippen molar-refractivity contribution in [3.05, 3.63) is 123 Å². The van der Waals surface area contributed by atoms with E-state index in [0.717, 1.165) is 77.0 Å². The summed E-state index contributed by atoms with van der Waals surface area (Å²) in [4.78, 5) is 11.2. The SMILES string of the molecule is CC(C)=CCCC(C)=CCCC(C)=CCCC(C)=CCCC(C)=CCCC(C)=CCCC(C)=CCCC(C)=CCc1cc(C(=O)O)ccc1O. The van der Waals surface area contributed by atoms with E-state index in [1.54, 1.807) is 6.07 Å². The molecule has 0 aliphatic heterocycles. The standard InChI is InChI=1S/C47H70O3/c1-36(2)17-10-18-37(3)19-11-20-38(4)21-12-22-39(5)23-13-24-40(6)25-14-26-41(7)27-15-28-42(8)29-16-30-43(9)31-32-44-35-45(47(49)50)33-34-46(44)48/h17,19,21,23,25,27,29,31,33-35,48H,10-16,18,20,22,24,26,28,30,32H2,1-9H3,(H,49,50). The summed E-state index contributed by atoms with van der Waals surface area (Å²) in [6.07, 6.45) is 35.0. The number of carboxylic acid groups (broad SMARTS) is 1. The predicted molar refractivity (Wildman–Crippen MR) is 219 cm³/mol. The molecule has 0 saturated heterocycles. The smallest absolute Gasteiger partial charge is 0.335 e. The predicted octanol–water partition coefficient (Wildman–Crippen LogP) is 14.7. The first kappa shape index (κ1) is 44.4. The highest BCUT2D eigenvalue weighted by atomic mass is 16.4. The van der Waals surface area contributed by atoms with Gasteiger partial charge in [0.15, 0.2) is 0 Å². The number of aromatic carboxylic acids is 1. The number of hydrogen-bond acceptors (Lipinski definition) is 2. The highest BCUT2D eigenvalue weighted by Gasteiger charge is 2.07. The quantitative estimate of drug-likeness (QED) is 0.107. The van der Waals surface area contributed by atoms with Gasteiger partial charge in [-0.25, -0.2) is 4.79 Å². The van der Waals surface area contributed by atoms with Crippen LogP contribution in [-0.2, 0) is 6.42 Å². The van der Waals surface area contributed by atoms with E-state index in [0.29, 0.717) is 12.0 Å². The molecule has 0 radical (unpaired) electrons. The number of benzene rings is 1. The lowest BCUT2D eigenvalue weighted by atomic mass is 10.0. The van der Waals surface area contributed by atoms with Gasteiger partial charge < -0.3 is 10.2 Å².